The first-order valence-electron chi connectivity index (χ1n) is 10.6. The van der Waals surface area contributed by atoms with Crippen LogP contribution in [0.1, 0.15) is 15.9 Å². The molecular weight excluding hydrogens is 463 g/mol. The number of phenols is 1. The molecule has 0 spiro atoms. The second kappa shape index (κ2) is 10.3. The lowest BCUT2D eigenvalue weighted by Crippen LogP contribution is -2.46. The number of anilines is 1. The zero-order valence-electron chi connectivity index (χ0n) is 17.9. The second-order valence-electron chi connectivity index (χ2n) is 7.68. The van der Waals surface area contributed by atoms with E-state index in [2.05, 4.69) is 10.3 Å². The van der Waals surface area contributed by atoms with Gasteiger partial charge < -0.3 is 25.8 Å². The number of rotatable bonds is 6. The molecule has 2 aromatic carbocycles. The summed E-state index contributed by atoms with van der Waals surface area (Å²) < 4.78 is 5.84. The molecule has 0 aliphatic carbocycles. The van der Waals surface area contributed by atoms with Crippen molar-refractivity contribution in [3.63, 3.8) is 0 Å². The van der Waals surface area contributed by atoms with E-state index in [1.807, 2.05) is 29.2 Å². The number of nitrogens with two attached hydrogens (primary N) is 1. The third-order valence-electron chi connectivity index (χ3n) is 5.53. The molecule has 0 radical (unpaired) electrons. The van der Waals surface area contributed by atoms with Crippen LogP contribution in [0.2, 0.25) is 10.0 Å². The van der Waals surface area contributed by atoms with Gasteiger partial charge >= 0.3 is 0 Å². The van der Waals surface area contributed by atoms with Crippen molar-refractivity contribution in [1.29, 1.82) is 0 Å². The molecule has 0 unspecified atom stereocenters. The SMILES string of the molecule is Nc1ncc(-c2ccc(C(=O)N3CCNCC3)cc2)cc1OCCc1c(Cl)ccc(O)c1Cl. The van der Waals surface area contributed by atoms with Gasteiger partial charge in [-0.05, 0) is 41.5 Å². The quantitative estimate of drug-likeness (QED) is 0.486. The zero-order valence-corrected chi connectivity index (χ0v) is 19.4. The number of amides is 1. The summed E-state index contributed by atoms with van der Waals surface area (Å²) in [5, 5.41) is 13.7. The van der Waals surface area contributed by atoms with Crippen LogP contribution in [0.4, 0.5) is 5.82 Å². The minimum absolute atomic E-state index is 0.0295. The molecule has 4 rings (SSSR count). The predicted octanol–water partition coefficient (Wildman–Crippen LogP) is 4.01. The van der Waals surface area contributed by atoms with Gasteiger partial charge in [-0.25, -0.2) is 4.98 Å². The highest BCUT2D eigenvalue weighted by molar-refractivity contribution is 6.36. The monoisotopic (exact) mass is 486 g/mol. The second-order valence-corrected chi connectivity index (χ2v) is 8.47. The number of halogens is 2. The van der Waals surface area contributed by atoms with Crippen molar-refractivity contribution in [3.8, 4) is 22.6 Å². The van der Waals surface area contributed by atoms with Gasteiger partial charge in [-0.2, -0.15) is 0 Å². The van der Waals surface area contributed by atoms with Gasteiger partial charge in [0.05, 0.1) is 11.6 Å². The Hall–Kier alpha value is -3.00. The molecule has 2 heterocycles. The summed E-state index contributed by atoms with van der Waals surface area (Å²) in [6.07, 6.45) is 2.05. The van der Waals surface area contributed by atoms with Gasteiger partial charge in [-0.15, -0.1) is 0 Å². The number of carbonyl (C=O) groups excluding carboxylic acids is 1. The number of nitrogen functional groups attached to an aromatic ring is 1. The number of nitrogens with one attached hydrogen (secondary N) is 1. The van der Waals surface area contributed by atoms with E-state index in [0.29, 0.717) is 41.4 Å². The maximum Gasteiger partial charge on any atom is 0.253 e. The lowest BCUT2D eigenvalue weighted by Gasteiger charge is -2.27. The van der Waals surface area contributed by atoms with Crippen LogP contribution < -0.4 is 15.8 Å². The number of piperazine rings is 1. The molecule has 1 aliphatic heterocycles. The van der Waals surface area contributed by atoms with Crippen molar-refractivity contribution in [2.75, 3.05) is 38.5 Å². The first-order chi connectivity index (χ1) is 15.9. The van der Waals surface area contributed by atoms with Gasteiger partial charge in [0.15, 0.2) is 11.6 Å². The standard InChI is InChI=1S/C24H24Cl2N4O3/c25-19-5-6-20(31)22(26)18(19)7-12-33-21-13-17(14-29-23(21)27)15-1-3-16(4-2-15)24(32)30-10-8-28-9-11-30/h1-6,13-14,28,31H,7-12H2,(H2,27,29). The van der Waals surface area contributed by atoms with E-state index >= 15 is 0 Å². The van der Waals surface area contributed by atoms with Gasteiger partial charge in [0.25, 0.3) is 5.91 Å². The van der Waals surface area contributed by atoms with Crippen molar-refractivity contribution in [2.45, 2.75) is 6.42 Å². The smallest absolute Gasteiger partial charge is 0.253 e. The van der Waals surface area contributed by atoms with Crippen molar-refractivity contribution in [1.82, 2.24) is 15.2 Å². The average Bonchev–Trinajstić information content (AvgIpc) is 2.85. The Balaban J connectivity index is 1.45. The number of aromatic hydroxyl groups is 1. The van der Waals surface area contributed by atoms with Crippen LogP contribution in [0.15, 0.2) is 48.7 Å². The number of carbonyl (C=O) groups is 1. The maximum atomic E-state index is 12.7. The normalized spacial score (nSPS) is 13.7. The third-order valence-corrected chi connectivity index (χ3v) is 6.30. The largest absolute Gasteiger partial charge is 0.506 e. The Morgan fingerprint density at radius 3 is 2.58 bits per heavy atom. The number of nitrogens with zero attached hydrogens (tertiary/aromatic N) is 2. The van der Waals surface area contributed by atoms with E-state index in [-0.39, 0.29) is 29.1 Å². The number of ether oxygens (including phenoxy) is 1. The van der Waals surface area contributed by atoms with Crippen LogP contribution in [0.25, 0.3) is 11.1 Å². The number of hydrogen-bond donors (Lipinski definition) is 3. The molecule has 9 heteroatoms. The molecule has 1 amide bonds. The fourth-order valence-electron chi connectivity index (χ4n) is 3.66. The van der Waals surface area contributed by atoms with E-state index < -0.39 is 0 Å². The van der Waals surface area contributed by atoms with Crippen LogP contribution in [-0.4, -0.2) is 53.7 Å². The van der Waals surface area contributed by atoms with Gasteiger partial charge in [0.2, 0.25) is 0 Å². The molecule has 0 bridgehead atoms. The summed E-state index contributed by atoms with van der Waals surface area (Å²) in [6, 6.07) is 12.3. The summed E-state index contributed by atoms with van der Waals surface area (Å²) in [4.78, 5) is 18.8. The van der Waals surface area contributed by atoms with E-state index in [1.54, 1.807) is 18.3 Å². The molecule has 0 atom stereocenters. The molecule has 1 fully saturated rings. The zero-order chi connectivity index (χ0) is 23.4. The van der Waals surface area contributed by atoms with Crippen LogP contribution in [0.5, 0.6) is 11.5 Å². The Kier molecular flexibility index (Phi) is 7.23. The van der Waals surface area contributed by atoms with Crippen molar-refractivity contribution >= 4 is 34.9 Å². The predicted molar refractivity (Wildman–Crippen MR) is 130 cm³/mol. The maximum absolute atomic E-state index is 12.7. The van der Waals surface area contributed by atoms with Gasteiger partial charge in [0, 0.05) is 54.9 Å². The Bertz CT molecular complexity index is 1150. The lowest BCUT2D eigenvalue weighted by molar-refractivity contribution is 0.0736. The summed E-state index contributed by atoms with van der Waals surface area (Å²) in [5.74, 6) is 0.697. The summed E-state index contributed by atoms with van der Waals surface area (Å²) in [6.45, 7) is 3.29. The highest BCUT2D eigenvalue weighted by atomic mass is 35.5. The van der Waals surface area contributed by atoms with E-state index in [0.717, 1.165) is 24.2 Å². The first-order valence-corrected chi connectivity index (χ1v) is 11.3. The van der Waals surface area contributed by atoms with E-state index in [1.165, 1.54) is 6.07 Å². The van der Waals surface area contributed by atoms with Crippen LogP contribution in [0, 0.1) is 0 Å². The Morgan fingerprint density at radius 1 is 1.12 bits per heavy atom. The molecule has 3 aromatic rings. The minimum atomic E-state index is -0.0295. The van der Waals surface area contributed by atoms with Gasteiger partial charge in [-0.3, -0.25) is 4.79 Å². The molecule has 1 saturated heterocycles. The van der Waals surface area contributed by atoms with Gasteiger partial charge in [0.1, 0.15) is 5.75 Å². The third kappa shape index (κ3) is 5.33. The van der Waals surface area contributed by atoms with Crippen molar-refractivity contribution in [2.24, 2.45) is 0 Å². The molecule has 172 valence electrons. The Labute approximate surface area is 202 Å². The fraction of sp³-hybridized carbons (Fsp3) is 0.250. The molecule has 1 aromatic heterocycles. The van der Waals surface area contributed by atoms with Crippen LogP contribution in [-0.2, 0) is 6.42 Å². The van der Waals surface area contributed by atoms with Crippen LogP contribution in [0.3, 0.4) is 0 Å². The number of aromatic nitrogens is 1. The van der Waals surface area contributed by atoms with Crippen molar-refractivity contribution < 1.29 is 14.6 Å². The van der Waals surface area contributed by atoms with E-state index in [4.69, 9.17) is 33.7 Å². The highest BCUT2D eigenvalue weighted by Crippen LogP contribution is 2.33. The first kappa shape index (κ1) is 23.2. The van der Waals surface area contributed by atoms with Crippen LogP contribution >= 0.6 is 23.2 Å². The molecular formula is C24H24Cl2N4O3. The summed E-state index contributed by atoms with van der Waals surface area (Å²) in [7, 11) is 0. The Morgan fingerprint density at radius 2 is 1.85 bits per heavy atom. The summed E-state index contributed by atoms with van der Waals surface area (Å²) >= 11 is 12.3. The van der Waals surface area contributed by atoms with E-state index in [9.17, 15) is 9.90 Å². The molecule has 4 N–H and O–H groups in total. The van der Waals surface area contributed by atoms with Crippen molar-refractivity contribution in [3.05, 3.63) is 69.8 Å². The number of hydrogen-bond acceptors (Lipinski definition) is 6. The highest BCUT2D eigenvalue weighted by Gasteiger charge is 2.18. The average molecular weight is 487 g/mol. The number of phenolic OH excluding ortho intramolecular Hbond substituents is 1. The lowest BCUT2D eigenvalue weighted by atomic mass is 10.0. The van der Waals surface area contributed by atoms with Gasteiger partial charge in [-0.1, -0.05) is 35.3 Å². The fourth-order valence-corrected chi connectivity index (χ4v) is 4.22. The molecule has 1 aliphatic rings. The molecule has 33 heavy (non-hydrogen) atoms. The number of pyridine rings is 1. The summed E-state index contributed by atoms with van der Waals surface area (Å²) in [5.41, 5.74) is 8.96. The number of benzene rings is 2. The molecule has 0 saturated carbocycles. The molecule has 7 nitrogen and oxygen atoms in total. The topological polar surface area (TPSA) is 101 Å². The minimum Gasteiger partial charge on any atom is -0.506 e.